The summed E-state index contributed by atoms with van der Waals surface area (Å²) in [6.45, 7) is 5.95. The fourth-order valence-corrected chi connectivity index (χ4v) is 3.21. The lowest BCUT2D eigenvalue weighted by atomic mass is 9.94. The lowest BCUT2D eigenvalue weighted by Gasteiger charge is -2.38. The number of rotatable bonds is 3. The van der Waals surface area contributed by atoms with Crippen LogP contribution < -0.4 is 0 Å². The monoisotopic (exact) mass is 288 g/mol. The van der Waals surface area contributed by atoms with Crippen LogP contribution in [0.5, 0.6) is 0 Å². The Hall–Kier alpha value is -1.39. The molecule has 0 amide bonds. The van der Waals surface area contributed by atoms with Crippen molar-refractivity contribution in [2.75, 3.05) is 0 Å². The van der Waals surface area contributed by atoms with Crippen LogP contribution in [0.15, 0.2) is 18.3 Å². The fourth-order valence-electron chi connectivity index (χ4n) is 1.76. The van der Waals surface area contributed by atoms with Crippen LogP contribution in [0.3, 0.4) is 0 Å². The van der Waals surface area contributed by atoms with Crippen molar-refractivity contribution in [2.45, 2.75) is 38.3 Å². The van der Waals surface area contributed by atoms with E-state index in [0.717, 1.165) is 6.92 Å². The molecule has 104 valence electrons. The topological polar surface area (TPSA) is 45.9 Å². The van der Waals surface area contributed by atoms with Gasteiger partial charge in [-0.1, -0.05) is 6.07 Å². The van der Waals surface area contributed by atoms with Crippen LogP contribution in [0, 0.1) is 11.3 Å². The Kier molecular flexibility index (Phi) is 4.07. The Morgan fingerprint density at radius 2 is 1.89 bits per heavy atom. The van der Waals surface area contributed by atoms with Crippen molar-refractivity contribution in [2.24, 2.45) is 0 Å². The maximum Gasteiger partial charge on any atom is 0.420 e. The van der Waals surface area contributed by atoms with Crippen LogP contribution in [0.1, 0.15) is 18.2 Å². The molecule has 1 aromatic rings. The SMILES string of the molecule is CC(O[Si](C)(C)C)(c1cccnc1C#N)C(F)(F)F. The standard InChI is InChI=1S/C12H15F3N2OSi/c1-11(12(13,14)15,18-19(2,3)4)9-6-5-7-17-10(9)8-16/h5-7H,1-4H3. The summed E-state index contributed by atoms with van der Waals surface area (Å²) in [5.74, 6) is 0. The van der Waals surface area contributed by atoms with Crippen molar-refractivity contribution in [1.29, 1.82) is 5.26 Å². The number of aromatic nitrogens is 1. The van der Waals surface area contributed by atoms with Gasteiger partial charge in [0.25, 0.3) is 0 Å². The van der Waals surface area contributed by atoms with Crippen LogP contribution in [0.4, 0.5) is 13.2 Å². The largest absolute Gasteiger partial charge is 0.420 e. The third-order valence-corrected chi connectivity index (χ3v) is 3.50. The molecular weight excluding hydrogens is 273 g/mol. The molecule has 0 aliphatic carbocycles. The van der Waals surface area contributed by atoms with Gasteiger partial charge in [-0.15, -0.1) is 0 Å². The Morgan fingerprint density at radius 1 is 1.32 bits per heavy atom. The maximum atomic E-state index is 13.4. The Balaban J connectivity index is 3.46. The summed E-state index contributed by atoms with van der Waals surface area (Å²) >= 11 is 0. The first-order valence-corrected chi connectivity index (χ1v) is 9.04. The Labute approximate surface area is 111 Å². The van der Waals surface area contributed by atoms with E-state index in [9.17, 15) is 13.2 Å². The zero-order valence-electron chi connectivity index (χ0n) is 11.2. The molecule has 0 N–H and O–H groups in total. The molecule has 0 radical (unpaired) electrons. The molecule has 0 spiro atoms. The van der Waals surface area contributed by atoms with E-state index >= 15 is 0 Å². The molecule has 0 saturated carbocycles. The number of hydrogen-bond acceptors (Lipinski definition) is 3. The number of nitriles is 1. The Bertz CT molecular complexity index is 505. The highest BCUT2D eigenvalue weighted by atomic mass is 28.4. The summed E-state index contributed by atoms with van der Waals surface area (Å²) in [6, 6.07) is 4.29. The molecule has 1 aromatic heterocycles. The van der Waals surface area contributed by atoms with Gasteiger partial charge in [-0.3, -0.25) is 0 Å². The lowest BCUT2D eigenvalue weighted by Crippen LogP contribution is -2.49. The summed E-state index contributed by atoms with van der Waals surface area (Å²) in [4.78, 5) is 3.68. The first kappa shape index (κ1) is 15.7. The van der Waals surface area contributed by atoms with E-state index in [0.29, 0.717) is 0 Å². The average Bonchev–Trinajstić information content (AvgIpc) is 2.25. The summed E-state index contributed by atoms with van der Waals surface area (Å²) in [5.41, 5.74) is -3.02. The summed E-state index contributed by atoms with van der Waals surface area (Å²) in [7, 11) is -2.48. The first-order valence-electron chi connectivity index (χ1n) is 5.64. The Morgan fingerprint density at radius 3 is 2.32 bits per heavy atom. The molecule has 0 aliphatic heterocycles. The van der Waals surface area contributed by atoms with Gasteiger partial charge in [-0.25, -0.2) is 4.98 Å². The third kappa shape index (κ3) is 3.33. The van der Waals surface area contributed by atoms with Crippen LogP contribution in [-0.2, 0) is 10.0 Å². The number of halogens is 3. The van der Waals surface area contributed by atoms with Crippen molar-refractivity contribution in [3.05, 3.63) is 29.6 Å². The van der Waals surface area contributed by atoms with E-state index in [2.05, 4.69) is 4.98 Å². The van der Waals surface area contributed by atoms with Crippen molar-refractivity contribution >= 4 is 8.32 Å². The van der Waals surface area contributed by atoms with Crippen LogP contribution in [0.2, 0.25) is 19.6 Å². The van der Waals surface area contributed by atoms with Crippen molar-refractivity contribution in [3.63, 3.8) is 0 Å². The smallest absolute Gasteiger partial charge is 0.401 e. The van der Waals surface area contributed by atoms with Crippen LogP contribution in [0.25, 0.3) is 0 Å². The highest BCUT2D eigenvalue weighted by Gasteiger charge is 2.56. The van der Waals surface area contributed by atoms with Crippen molar-refractivity contribution in [3.8, 4) is 6.07 Å². The van der Waals surface area contributed by atoms with Gasteiger partial charge in [0.2, 0.25) is 0 Å². The van der Waals surface area contributed by atoms with Gasteiger partial charge < -0.3 is 4.43 Å². The molecule has 1 heterocycles. The zero-order valence-corrected chi connectivity index (χ0v) is 12.2. The lowest BCUT2D eigenvalue weighted by molar-refractivity contribution is -0.251. The number of nitrogens with zero attached hydrogens (tertiary/aromatic N) is 2. The molecule has 7 heteroatoms. The second-order valence-corrected chi connectivity index (χ2v) is 9.69. The molecule has 1 unspecified atom stereocenters. The summed E-state index contributed by atoms with van der Waals surface area (Å²) in [5, 5.41) is 8.92. The molecule has 0 saturated heterocycles. The molecule has 19 heavy (non-hydrogen) atoms. The normalized spacial score (nSPS) is 15.7. The zero-order chi connectivity index (χ0) is 14.9. The first-order chi connectivity index (χ1) is 8.51. The predicted molar refractivity (Wildman–Crippen MR) is 66.8 cm³/mol. The molecule has 0 aliphatic rings. The van der Waals surface area contributed by atoms with Gasteiger partial charge in [0.15, 0.2) is 13.9 Å². The number of hydrogen-bond donors (Lipinski definition) is 0. The molecule has 0 fully saturated rings. The highest BCUT2D eigenvalue weighted by Crippen LogP contribution is 2.44. The second-order valence-electron chi connectivity index (χ2n) is 5.26. The van der Waals surface area contributed by atoms with Crippen molar-refractivity contribution < 1.29 is 17.6 Å². The highest BCUT2D eigenvalue weighted by molar-refractivity contribution is 6.69. The predicted octanol–water partition coefficient (Wildman–Crippen LogP) is 3.58. The van der Waals surface area contributed by atoms with E-state index in [4.69, 9.17) is 9.69 Å². The van der Waals surface area contributed by atoms with Crippen molar-refractivity contribution in [1.82, 2.24) is 4.98 Å². The van der Waals surface area contributed by atoms with Gasteiger partial charge >= 0.3 is 6.18 Å². The van der Waals surface area contributed by atoms with Gasteiger partial charge in [-0.05, 0) is 32.6 Å². The molecule has 1 rings (SSSR count). The van der Waals surface area contributed by atoms with E-state index < -0.39 is 20.1 Å². The van der Waals surface area contributed by atoms with E-state index in [-0.39, 0.29) is 11.3 Å². The van der Waals surface area contributed by atoms with E-state index in [1.54, 1.807) is 25.7 Å². The molecular formula is C12H15F3N2OSi. The van der Waals surface area contributed by atoms with E-state index in [1.165, 1.54) is 18.3 Å². The molecule has 0 bridgehead atoms. The minimum absolute atomic E-state index is 0.243. The van der Waals surface area contributed by atoms with E-state index in [1.807, 2.05) is 0 Å². The maximum absolute atomic E-state index is 13.4. The third-order valence-electron chi connectivity index (χ3n) is 2.48. The van der Waals surface area contributed by atoms with Crippen LogP contribution in [-0.4, -0.2) is 19.5 Å². The van der Waals surface area contributed by atoms with Crippen LogP contribution >= 0.6 is 0 Å². The fraction of sp³-hybridized carbons (Fsp3) is 0.500. The number of alkyl halides is 3. The number of pyridine rings is 1. The second kappa shape index (κ2) is 4.94. The van der Waals surface area contributed by atoms with Gasteiger partial charge in [0.05, 0.1) is 0 Å². The molecule has 0 aromatic carbocycles. The molecule has 3 nitrogen and oxygen atoms in total. The van der Waals surface area contributed by atoms with Gasteiger partial charge in [0.1, 0.15) is 11.8 Å². The minimum Gasteiger partial charge on any atom is -0.401 e. The average molecular weight is 288 g/mol. The van der Waals surface area contributed by atoms with Gasteiger partial charge in [-0.2, -0.15) is 18.4 Å². The summed E-state index contributed by atoms with van der Waals surface area (Å²) < 4.78 is 45.5. The van der Waals surface area contributed by atoms with Gasteiger partial charge in [0, 0.05) is 11.8 Å². The quantitative estimate of drug-likeness (QED) is 0.799. The molecule has 1 atom stereocenters. The summed E-state index contributed by atoms with van der Waals surface area (Å²) in [6.07, 6.45) is -3.34. The minimum atomic E-state index is -4.62.